The van der Waals surface area contributed by atoms with Gasteiger partial charge in [0.05, 0.1) is 0 Å². The van der Waals surface area contributed by atoms with Crippen LogP contribution in [0.5, 0.6) is 0 Å². The van der Waals surface area contributed by atoms with Gasteiger partial charge >= 0.3 is 0 Å². The molecular weight excluding hydrogens is 374 g/mol. The highest BCUT2D eigenvalue weighted by molar-refractivity contribution is 5.74. The molecule has 4 aromatic carbocycles. The minimum absolute atomic E-state index is 1.01. The largest absolute Gasteiger partial charge is 0.311 e. The minimum Gasteiger partial charge on any atom is -0.311 e. The second-order valence-electron chi connectivity index (χ2n) is 7.15. The van der Waals surface area contributed by atoms with Crippen LogP contribution in [0.2, 0.25) is 0 Å². The second kappa shape index (κ2) is 10.1. The van der Waals surface area contributed by atoms with Gasteiger partial charge in [0, 0.05) is 17.1 Å². The highest BCUT2D eigenvalue weighted by Gasteiger charge is 2.12. The summed E-state index contributed by atoms with van der Waals surface area (Å²) in [6.07, 6.45) is 8.16. The fraction of sp³-hybridized carbons (Fsp3) is 0. The molecule has 0 saturated heterocycles. The lowest BCUT2D eigenvalue weighted by Gasteiger charge is -2.26. The Kier molecular flexibility index (Phi) is 6.57. The number of anilines is 2. The molecule has 0 aliphatic rings. The van der Waals surface area contributed by atoms with Gasteiger partial charge in [-0.25, -0.2) is 0 Å². The number of allylic oxidation sites excluding steroid dienone is 3. The molecule has 0 fully saturated rings. The van der Waals surface area contributed by atoms with Crippen molar-refractivity contribution in [3.63, 3.8) is 0 Å². The monoisotopic (exact) mass is 399 g/mol. The first kappa shape index (κ1) is 20.2. The van der Waals surface area contributed by atoms with Crippen LogP contribution in [0.1, 0.15) is 5.56 Å². The number of para-hydroxylation sites is 1. The molecule has 4 aromatic rings. The van der Waals surface area contributed by atoms with Gasteiger partial charge in [-0.05, 0) is 53.1 Å². The lowest BCUT2D eigenvalue weighted by atomic mass is 10.0. The zero-order chi connectivity index (χ0) is 21.3. The molecule has 0 N–H and O–H groups in total. The van der Waals surface area contributed by atoms with Crippen molar-refractivity contribution < 1.29 is 0 Å². The van der Waals surface area contributed by atoms with Gasteiger partial charge in [-0.1, -0.05) is 110 Å². The van der Waals surface area contributed by atoms with Crippen LogP contribution in [0.4, 0.5) is 11.4 Å². The van der Waals surface area contributed by atoms with Crippen LogP contribution < -0.4 is 4.90 Å². The molecule has 1 nitrogen and oxygen atoms in total. The van der Waals surface area contributed by atoms with E-state index in [9.17, 15) is 0 Å². The van der Waals surface area contributed by atoms with Crippen molar-refractivity contribution in [3.8, 4) is 11.1 Å². The van der Waals surface area contributed by atoms with E-state index in [1.54, 1.807) is 0 Å². The van der Waals surface area contributed by atoms with Crippen molar-refractivity contribution in [3.05, 3.63) is 151 Å². The summed E-state index contributed by atoms with van der Waals surface area (Å²) < 4.78 is 0. The Hall–Kier alpha value is -4.10. The number of hydrogen-bond donors (Lipinski definition) is 0. The molecule has 0 unspecified atom stereocenters. The lowest BCUT2D eigenvalue weighted by Crippen LogP contribution is -2.14. The average molecular weight is 400 g/mol. The van der Waals surface area contributed by atoms with E-state index in [2.05, 4.69) is 115 Å². The first-order valence-corrected chi connectivity index (χ1v) is 10.4. The average Bonchev–Trinajstić information content (AvgIpc) is 2.85. The predicted molar refractivity (Wildman–Crippen MR) is 134 cm³/mol. The molecule has 0 saturated carbocycles. The Bertz CT molecular complexity index is 1160. The molecular formula is C30H25N. The molecule has 31 heavy (non-hydrogen) atoms. The van der Waals surface area contributed by atoms with Crippen LogP contribution in [0.3, 0.4) is 0 Å². The van der Waals surface area contributed by atoms with Crippen molar-refractivity contribution in [1.29, 1.82) is 0 Å². The molecule has 0 bridgehead atoms. The number of hydrogen-bond acceptors (Lipinski definition) is 1. The van der Waals surface area contributed by atoms with Gasteiger partial charge in [0.2, 0.25) is 0 Å². The summed E-state index contributed by atoms with van der Waals surface area (Å²) in [6.45, 7) is 4.08. The highest BCUT2D eigenvalue weighted by atomic mass is 15.1. The lowest BCUT2D eigenvalue weighted by molar-refractivity contribution is 1.21. The Labute approximate surface area is 184 Å². The molecule has 0 aromatic heterocycles. The molecule has 1 heteroatoms. The fourth-order valence-electron chi connectivity index (χ4n) is 3.51. The standard InChI is InChI=1S/C30H25N/c1-2-28(20-12-15-25-13-6-3-7-14-25)31(29-18-10-5-11-19-29)30-23-21-27(22-24-30)26-16-8-4-9-17-26/h2-24H,1H2/b15-12+,28-20+. The van der Waals surface area contributed by atoms with Crippen molar-refractivity contribution in [2.75, 3.05) is 4.90 Å². The van der Waals surface area contributed by atoms with Crippen LogP contribution in [0.25, 0.3) is 17.2 Å². The molecule has 0 radical (unpaired) electrons. The van der Waals surface area contributed by atoms with Gasteiger partial charge in [0.1, 0.15) is 0 Å². The van der Waals surface area contributed by atoms with Crippen molar-refractivity contribution in [1.82, 2.24) is 0 Å². The summed E-state index contributed by atoms with van der Waals surface area (Å²) >= 11 is 0. The first-order chi connectivity index (χ1) is 15.3. The van der Waals surface area contributed by atoms with E-state index in [4.69, 9.17) is 0 Å². The van der Waals surface area contributed by atoms with Gasteiger partial charge in [0.25, 0.3) is 0 Å². The Balaban J connectivity index is 1.69. The smallest absolute Gasteiger partial charge is 0.0462 e. The summed E-state index contributed by atoms with van der Waals surface area (Å²) in [4.78, 5) is 2.22. The summed E-state index contributed by atoms with van der Waals surface area (Å²) in [5.74, 6) is 0. The maximum absolute atomic E-state index is 4.08. The number of nitrogens with zero attached hydrogens (tertiary/aromatic N) is 1. The first-order valence-electron chi connectivity index (χ1n) is 10.4. The van der Waals surface area contributed by atoms with Crippen molar-refractivity contribution in [2.24, 2.45) is 0 Å². The van der Waals surface area contributed by atoms with Crippen LogP contribution in [0, 0.1) is 0 Å². The van der Waals surface area contributed by atoms with Crippen molar-refractivity contribution >= 4 is 17.5 Å². The molecule has 150 valence electrons. The minimum atomic E-state index is 1.01. The topological polar surface area (TPSA) is 3.24 Å². The van der Waals surface area contributed by atoms with Gasteiger partial charge in [-0.2, -0.15) is 0 Å². The molecule has 4 rings (SSSR count). The molecule has 0 amide bonds. The number of rotatable bonds is 7. The highest BCUT2D eigenvalue weighted by Crippen LogP contribution is 2.32. The SMILES string of the molecule is C=C/C(=C\C=C\c1ccccc1)N(c1ccccc1)c1ccc(-c2ccccc2)cc1. The predicted octanol–water partition coefficient (Wildman–Crippen LogP) is 8.28. The van der Waals surface area contributed by atoms with Crippen molar-refractivity contribution in [2.45, 2.75) is 0 Å². The van der Waals surface area contributed by atoms with E-state index in [0.717, 1.165) is 17.1 Å². The Morgan fingerprint density at radius 3 is 1.71 bits per heavy atom. The van der Waals surface area contributed by atoms with E-state index in [-0.39, 0.29) is 0 Å². The van der Waals surface area contributed by atoms with Crippen LogP contribution in [-0.2, 0) is 0 Å². The van der Waals surface area contributed by atoms with Gasteiger partial charge in [-0.3, -0.25) is 0 Å². The molecule has 0 aliphatic carbocycles. The van der Waals surface area contributed by atoms with E-state index in [1.165, 1.54) is 16.7 Å². The zero-order valence-corrected chi connectivity index (χ0v) is 17.4. The molecule has 0 atom stereocenters. The summed E-state index contributed by atoms with van der Waals surface area (Å²) in [5, 5.41) is 0. The summed E-state index contributed by atoms with van der Waals surface area (Å²) in [6, 6.07) is 39.8. The second-order valence-corrected chi connectivity index (χ2v) is 7.15. The molecule has 0 spiro atoms. The zero-order valence-electron chi connectivity index (χ0n) is 17.4. The van der Waals surface area contributed by atoms with E-state index in [1.807, 2.05) is 36.4 Å². The molecule has 0 heterocycles. The third-order valence-electron chi connectivity index (χ3n) is 5.07. The quantitative estimate of drug-likeness (QED) is 0.283. The van der Waals surface area contributed by atoms with Gasteiger partial charge in [-0.15, -0.1) is 0 Å². The van der Waals surface area contributed by atoms with E-state index in [0.29, 0.717) is 0 Å². The van der Waals surface area contributed by atoms with Crippen LogP contribution in [-0.4, -0.2) is 0 Å². The third kappa shape index (κ3) is 5.09. The summed E-state index contributed by atoms with van der Waals surface area (Å²) in [7, 11) is 0. The van der Waals surface area contributed by atoms with Crippen LogP contribution in [0.15, 0.2) is 146 Å². The maximum atomic E-state index is 4.08. The Morgan fingerprint density at radius 2 is 1.10 bits per heavy atom. The third-order valence-corrected chi connectivity index (χ3v) is 5.07. The fourth-order valence-corrected chi connectivity index (χ4v) is 3.51. The Morgan fingerprint density at radius 1 is 0.581 bits per heavy atom. The summed E-state index contributed by atoms with van der Waals surface area (Å²) in [5.41, 5.74) is 6.77. The van der Waals surface area contributed by atoms with E-state index < -0.39 is 0 Å². The normalized spacial score (nSPS) is 11.4. The van der Waals surface area contributed by atoms with Gasteiger partial charge in [0.15, 0.2) is 0 Å². The van der Waals surface area contributed by atoms with Crippen LogP contribution >= 0.6 is 0 Å². The molecule has 0 aliphatic heterocycles. The maximum Gasteiger partial charge on any atom is 0.0462 e. The van der Waals surface area contributed by atoms with E-state index >= 15 is 0 Å². The number of benzene rings is 4. The van der Waals surface area contributed by atoms with Gasteiger partial charge < -0.3 is 4.90 Å².